The second-order valence-electron chi connectivity index (χ2n) is 9.69. The number of anilines is 2. The minimum absolute atomic E-state index is 0.0873. The number of alkyl halides is 2. The maximum absolute atomic E-state index is 15.4. The molecule has 37 heavy (non-hydrogen) atoms. The SMILES string of the molecule is CO[C@@]1(C)C(=O)N(C)c2cc3c(N[C@H](C)c4cccc(C(F)(F)[C@](C)(O)CO)c4F)nc(C)nc3cc21. The van der Waals surface area contributed by atoms with Gasteiger partial charge in [0.2, 0.25) is 0 Å². The number of benzene rings is 2. The molecule has 2 heterocycles. The lowest BCUT2D eigenvalue weighted by molar-refractivity contribution is -0.197. The Morgan fingerprint density at radius 3 is 2.57 bits per heavy atom. The van der Waals surface area contributed by atoms with Crippen molar-refractivity contribution in [2.75, 3.05) is 31.0 Å². The van der Waals surface area contributed by atoms with Crippen LogP contribution in [-0.4, -0.2) is 52.5 Å². The number of hydrogen-bond acceptors (Lipinski definition) is 7. The Morgan fingerprint density at radius 1 is 1.27 bits per heavy atom. The van der Waals surface area contributed by atoms with E-state index >= 15 is 4.39 Å². The molecule has 3 N–H and O–H groups in total. The summed E-state index contributed by atoms with van der Waals surface area (Å²) in [7, 11) is 3.08. The predicted octanol–water partition coefficient (Wildman–Crippen LogP) is 3.92. The van der Waals surface area contributed by atoms with Crippen molar-refractivity contribution in [3.63, 3.8) is 0 Å². The molecule has 1 aliphatic rings. The standard InChI is InChI=1S/C26H29F3N4O4/c1-13(15-8-7-9-17(21(15)27)26(28,29)24(3,36)12-34)30-22-16-10-20-18(11-19(16)31-14(2)32-22)25(4,37-6)23(35)33(20)5/h7-11,13,34,36H,12H2,1-6H3,(H,30,31,32)/t13-,24-,25-/m1/s1. The Kier molecular flexibility index (Phi) is 6.46. The first kappa shape index (κ1) is 26.8. The summed E-state index contributed by atoms with van der Waals surface area (Å²) < 4.78 is 50.7. The number of hydrogen-bond donors (Lipinski definition) is 3. The molecule has 3 aromatic rings. The summed E-state index contributed by atoms with van der Waals surface area (Å²) in [5, 5.41) is 22.8. The molecule has 0 unspecified atom stereocenters. The summed E-state index contributed by atoms with van der Waals surface area (Å²) in [6.07, 6.45) is 0. The van der Waals surface area contributed by atoms with Crippen molar-refractivity contribution in [1.29, 1.82) is 0 Å². The number of nitrogens with zero attached hydrogens (tertiary/aromatic N) is 3. The summed E-state index contributed by atoms with van der Waals surface area (Å²) >= 11 is 0. The number of methoxy groups -OCH3 is 1. The third-order valence-corrected chi connectivity index (χ3v) is 7.09. The van der Waals surface area contributed by atoms with E-state index in [1.54, 1.807) is 40.0 Å². The monoisotopic (exact) mass is 518 g/mol. The highest BCUT2D eigenvalue weighted by molar-refractivity contribution is 6.09. The molecule has 0 saturated carbocycles. The van der Waals surface area contributed by atoms with Crippen LogP contribution < -0.4 is 10.2 Å². The molecule has 0 aliphatic carbocycles. The fraction of sp³-hybridized carbons (Fsp3) is 0.423. The van der Waals surface area contributed by atoms with Crippen molar-refractivity contribution in [2.45, 2.75) is 50.9 Å². The number of ether oxygens (including phenoxy) is 1. The zero-order valence-corrected chi connectivity index (χ0v) is 21.4. The number of nitrogens with one attached hydrogen (secondary N) is 1. The lowest BCUT2D eigenvalue weighted by Crippen LogP contribution is -2.47. The number of carbonyl (C=O) groups excluding carboxylic acids is 1. The Balaban J connectivity index is 1.79. The van der Waals surface area contributed by atoms with Crippen LogP contribution in [0.3, 0.4) is 0 Å². The van der Waals surface area contributed by atoms with E-state index < -0.39 is 41.2 Å². The predicted molar refractivity (Wildman–Crippen MR) is 132 cm³/mol. The molecule has 0 spiro atoms. The van der Waals surface area contributed by atoms with Crippen LogP contribution in [0, 0.1) is 12.7 Å². The van der Waals surface area contributed by atoms with Crippen molar-refractivity contribution in [3.8, 4) is 0 Å². The van der Waals surface area contributed by atoms with Gasteiger partial charge in [-0.1, -0.05) is 12.1 Å². The minimum Gasteiger partial charge on any atom is -0.393 e. The van der Waals surface area contributed by atoms with Crippen LogP contribution in [0.25, 0.3) is 10.9 Å². The fourth-order valence-electron chi connectivity index (χ4n) is 4.59. The second kappa shape index (κ2) is 8.93. The quantitative estimate of drug-likeness (QED) is 0.435. The molecule has 1 amide bonds. The van der Waals surface area contributed by atoms with Gasteiger partial charge in [-0.25, -0.2) is 14.4 Å². The van der Waals surface area contributed by atoms with E-state index in [9.17, 15) is 23.8 Å². The molecule has 2 aromatic carbocycles. The first-order valence-electron chi connectivity index (χ1n) is 11.6. The number of halogens is 3. The molecule has 4 rings (SSSR count). The summed E-state index contributed by atoms with van der Waals surface area (Å²) in [5.41, 5.74) is -3.39. The van der Waals surface area contributed by atoms with Gasteiger partial charge in [0.05, 0.1) is 29.4 Å². The summed E-state index contributed by atoms with van der Waals surface area (Å²) in [5.74, 6) is -4.78. The van der Waals surface area contributed by atoms with Gasteiger partial charge in [0.15, 0.2) is 11.2 Å². The van der Waals surface area contributed by atoms with Gasteiger partial charge in [0, 0.05) is 30.7 Å². The molecule has 0 radical (unpaired) electrons. The Bertz CT molecular complexity index is 1400. The van der Waals surface area contributed by atoms with E-state index in [1.807, 2.05) is 0 Å². The van der Waals surface area contributed by atoms with E-state index in [2.05, 4.69) is 15.3 Å². The van der Waals surface area contributed by atoms with Crippen LogP contribution >= 0.6 is 0 Å². The number of likely N-dealkylation sites (N-methyl/N-ethyl adjacent to an activating group) is 1. The topological polar surface area (TPSA) is 108 Å². The average molecular weight is 519 g/mol. The molecule has 198 valence electrons. The van der Waals surface area contributed by atoms with Crippen LogP contribution in [-0.2, 0) is 21.1 Å². The zero-order chi connectivity index (χ0) is 27.5. The number of aliphatic hydroxyl groups excluding tert-OH is 1. The summed E-state index contributed by atoms with van der Waals surface area (Å²) in [6, 6.07) is 6.15. The Hall–Kier alpha value is -3.28. The van der Waals surface area contributed by atoms with Crippen molar-refractivity contribution in [1.82, 2.24) is 9.97 Å². The second-order valence-corrected chi connectivity index (χ2v) is 9.69. The Morgan fingerprint density at radius 2 is 1.95 bits per heavy atom. The van der Waals surface area contributed by atoms with E-state index in [0.717, 1.165) is 13.0 Å². The molecule has 8 nitrogen and oxygen atoms in total. The van der Waals surface area contributed by atoms with Gasteiger partial charge in [0.25, 0.3) is 5.91 Å². The molecule has 11 heteroatoms. The first-order chi connectivity index (χ1) is 17.2. The smallest absolute Gasteiger partial charge is 0.306 e. The maximum Gasteiger partial charge on any atom is 0.306 e. The highest BCUT2D eigenvalue weighted by Gasteiger charge is 2.52. The number of aromatic nitrogens is 2. The van der Waals surface area contributed by atoms with Gasteiger partial charge in [-0.15, -0.1) is 0 Å². The average Bonchev–Trinajstić information content (AvgIpc) is 3.03. The molecule has 3 atom stereocenters. The van der Waals surface area contributed by atoms with Crippen molar-refractivity contribution in [3.05, 3.63) is 58.7 Å². The number of rotatable bonds is 7. The van der Waals surface area contributed by atoms with E-state index in [1.165, 1.54) is 24.1 Å². The van der Waals surface area contributed by atoms with Gasteiger partial charge < -0.3 is 25.2 Å². The first-order valence-corrected chi connectivity index (χ1v) is 11.6. The minimum atomic E-state index is -4.05. The lowest BCUT2D eigenvalue weighted by Gasteiger charge is -2.32. The molecular formula is C26H29F3N4O4. The Labute approximate surface area is 212 Å². The van der Waals surface area contributed by atoms with Crippen LogP contribution in [0.1, 0.15) is 49.3 Å². The molecule has 0 fully saturated rings. The molecular weight excluding hydrogens is 489 g/mol. The van der Waals surface area contributed by atoms with Crippen LogP contribution in [0.2, 0.25) is 0 Å². The molecule has 0 bridgehead atoms. The van der Waals surface area contributed by atoms with E-state index in [-0.39, 0.29) is 11.5 Å². The normalized spacial score (nSPS) is 20.2. The zero-order valence-electron chi connectivity index (χ0n) is 21.4. The fourth-order valence-corrected chi connectivity index (χ4v) is 4.59. The van der Waals surface area contributed by atoms with Gasteiger partial charge in [-0.3, -0.25) is 4.79 Å². The van der Waals surface area contributed by atoms with Crippen molar-refractivity contribution < 1.29 is 32.9 Å². The summed E-state index contributed by atoms with van der Waals surface area (Å²) in [6.45, 7) is 4.42. The van der Waals surface area contributed by atoms with Crippen molar-refractivity contribution >= 4 is 28.3 Å². The maximum atomic E-state index is 15.4. The van der Waals surface area contributed by atoms with Gasteiger partial charge in [-0.2, -0.15) is 8.78 Å². The third kappa shape index (κ3) is 4.01. The van der Waals surface area contributed by atoms with Crippen molar-refractivity contribution in [2.24, 2.45) is 0 Å². The number of amides is 1. The summed E-state index contributed by atoms with van der Waals surface area (Å²) in [4.78, 5) is 23.3. The van der Waals surface area contributed by atoms with E-state index in [0.29, 0.717) is 33.8 Å². The molecule has 1 aromatic heterocycles. The number of aryl methyl sites for hydroxylation is 1. The number of carbonyl (C=O) groups is 1. The molecule has 1 aliphatic heterocycles. The lowest BCUT2D eigenvalue weighted by atomic mass is 9.90. The van der Waals surface area contributed by atoms with E-state index in [4.69, 9.17) is 4.74 Å². The molecule has 0 saturated heterocycles. The van der Waals surface area contributed by atoms with Crippen LogP contribution in [0.15, 0.2) is 30.3 Å². The third-order valence-electron chi connectivity index (χ3n) is 7.09. The number of aliphatic hydroxyl groups is 2. The van der Waals surface area contributed by atoms with Crippen LogP contribution in [0.5, 0.6) is 0 Å². The number of fused-ring (bicyclic) bond motifs is 2. The van der Waals surface area contributed by atoms with Crippen LogP contribution in [0.4, 0.5) is 24.7 Å². The largest absolute Gasteiger partial charge is 0.393 e. The van der Waals surface area contributed by atoms with Gasteiger partial charge in [0.1, 0.15) is 17.5 Å². The van der Waals surface area contributed by atoms with Gasteiger partial charge >= 0.3 is 5.92 Å². The highest BCUT2D eigenvalue weighted by atomic mass is 19.3. The highest BCUT2D eigenvalue weighted by Crippen LogP contribution is 2.45. The van der Waals surface area contributed by atoms with Gasteiger partial charge in [-0.05, 0) is 45.9 Å².